The highest BCUT2D eigenvalue weighted by molar-refractivity contribution is 5.09. The molecule has 0 saturated carbocycles. The summed E-state index contributed by atoms with van der Waals surface area (Å²) in [6.07, 6.45) is 8.18. The van der Waals surface area contributed by atoms with Gasteiger partial charge in [-0.25, -0.2) is 4.98 Å². The average molecular weight is 231 g/mol. The average Bonchev–Trinajstić information content (AvgIpc) is 2.85. The van der Waals surface area contributed by atoms with E-state index in [2.05, 4.69) is 9.97 Å². The fourth-order valence-electron chi connectivity index (χ4n) is 1.86. The van der Waals surface area contributed by atoms with Crippen LogP contribution in [0, 0.1) is 0 Å². The van der Waals surface area contributed by atoms with Crippen LogP contribution in [0.15, 0.2) is 36.9 Å². The van der Waals surface area contributed by atoms with Gasteiger partial charge in [0.2, 0.25) is 0 Å². The molecule has 0 saturated heterocycles. The fraction of sp³-hybridized carbons (Fsp3) is 0.385. The van der Waals surface area contributed by atoms with Gasteiger partial charge in [0.05, 0.1) is 0 Å². The Morgan fingerprint density at radius 1 is 1.41 bits per heavy atom. The maximum atomic E-state index is 10.1. The normalized spacial score (nSPS) is 12.6. The molecule has 0 aliphatic carbocycles. The van der Waals surface area contributed by atoms with Crippen LogP contribution >= 0.6 is 0 Å². The van der Waals surface area contributed by atoms with Crippen molar-refractivity contribution in [2.45, 2.75) is 32.4 Å². The number of aliphatic hydroxyl groups is 1. The molecule has 0 aliphatic heterocycles. The molecular weight excluding hydrogens is 214 g/mol. The Morgan fingerprint density at radius 2 is 2.29 bits per heavy atom. The van der Waals surface area contributed by atoms with Crippen molar-refractivity contribution in [3.05, 3.63) is 48.3 Å². The van der Waals surface area contributed by atoms with Crippen LogP contribution in [-0.2, 0) is 13.0 Å². The summed E-state index contributed by atoms with van der Waals surface area (Å²) in [7, 11) is 0. The predicted octanol–water partition coefficient (Wildman–Crippen LogP) is 1.96. The largest absolute Gasteiger partial charge is 0.385 e. The molecule has 2 aromatic rings. The van der Waals surface area contributed by atoms with Crippen molar-refractivity contribution in [1.29, 1.82) is 0 Å². The minimum absolute atomic E-state index is 0.509. The van der Waals surface area contributed by atoms with E-state index in [-0.39, 0.29) is 0 Å². The molecule has 2 aromatic heterocycles. The Labute approximate surface area is 101 Å². The Kier molecular flexibility index (Phi) is 3.88. The highest BCUT2D eigenvalue weighted by atomic mass is 16.3. The number of pyridine rings is 1. The van der Waals surface area contributed by atoms with Gasteiger partial charge < -0.3 is 9.67 Å². The van der Waals surface area contributed by atoms with Crippen LogP contribution in [0.4, 0.5) is 0 Å². The summed E-state index contributed by atoms with van der Waals surface area (Å²) in [5.74, 6) is 0.747. The first-order valence-electron chi connectivity index (χ1n) is 5.89. The molecule has 1 unspecified atom stereocenters. The Bertz CT molecular complexity index is 453. The van der Waals surface area contributed by atoms with Gasteiger partial charge in [-0.05, 0) is 31.4 Å². The summed E-state index contributed by atoms with van der Waals surface area (Å²) in [4.78, 5) is 8.25. The summed E-state index contributed by atoms with van der Waals surface area (Å²) in [6.45, 7) is 2.87. The van der Waals surface area contributed by atoms with Crippen LogP contribution in [0.2, 0.25) is 0 Å². The molecule has 17 heavy (non-hydrogen) atoms. The van der Waals surface area contributed by atoms with E-state index < -0.39 is 6.10 Å². The van der Waals surface area contributed by atoms with E-state index >= 15 is 0 Å². The van der Waals surface area contributed by atoms with Crippen molar-refractivity contribution < 1.29 is 5.11 Å². The number of hydrogen-bond acceptors (Lipinski definition) is 3. The number of aryl methyl sites for hydroxylation is 2. The molecule has 1 N–H and O–H groups in total. The minimum Gasteiger partial charge on any atom is -0.385 e. The second kappa shape index (κ2) is 5.59. The zero-order chi connectivity index (χ0) is 12.1. The SMILES string of the molecule is CCn1ccnc1C(O)CCc1cccnc1. The highest BCUT2D eigenvalue weighted by Crippen LogP contribution is 2.17. The quantitative estimate of drug-likeness (QED) is 0.855. The van der Waals surface area contributed by atoms with Crippen molar-refractivity contribution >= 4 is 0 Å². The monoisotopic (exact) mass is 231 g/mol. The molecule has 0 bridgehead atoms. The van der Waals surface area contributed by atoms with E-state index in [4.69, 9.17) is 0 Å². The summed E-state index contributed by atoms with van der Waals surface area (Å²) in [5.41, 5.74) is 1.14. The van der Waals surface area contributed by atoms with Crippen molar-refractivity contribution in [3.63, 3.8) is 0 Å². The smallest absolute Gasteiger partial charge is 0.137 e. The van der Waals surface area contributed by atoms with Gasteiger partial charge in [-0.3, -0.25) is 4.98 Å². The molecule has 0 spiro atoms. The molecule has 90 valence electrons. The van der Waals surface area contributed by atoms with E-state index in [1.54, 1.807) is 12.4 Å². The number of aromatic nitrogens is 3. The van der Waals surface area contributed by atoms with Gasteiger partial charge >= 0.3 is 0 Å². The van der Waals surface area contributed by atoms with Gasteiger partial charge in [0.25, 0.3) is 0 Å². The van der Waals surface area contributed by atoms with Crippen LogP contribution in [0.3, 0.4) is 0 Å². The predicted molar refractivity (Wildman–Crippen MR) is 65.4 cm³/mol. The molecule has 0 aliphatic rings. The summed E-state index contributed by atoms with van der Waals surface area (Å²) >= 11 is 0. The maximum absolute atomic E-state index is 10.1. The van der Waals surface area contributed by atoms with Crippen molar-refractivity contribution in [2.75, 3.05) is 0 Å². The van der Waals surface area contributed by atoms with Crippen molar-refractivity contribution in [3.8, 4) is 0 Å². The van der Waals surface area contributed by atoms with Gasteiger partial charge in [-0.15, -0.1) is 0 Å². The van der Waals surface area contributed by atoms with Crippen LogP contribution in [0.25, 0.3) is 0 Å². The molecule has 4 nitrogen and oxygen atoms in total. The summed E-state index contributed by atoms with van der Waals surface area (Å²) in [6, 6.07) is 3.93. The third-order valence-corrected chi connectivity index (χ3v) is 2.82. The van der Waals surface area contributed by atoms with Crippen LogP contribution < -0.4 is 0 Å². The van der Waals surface area contributed by atoms with E-state index in [0.717, 1.165) is 24.4 Å². The van der Waals surface area contributed by atoms with E-state index in [1.807, 2.05) is 36.0 Å². The molecule has 0 radical (unpaired) electrons. The topological polar surface area (TPSA) is 50.9 Å². The van der Waals surface area contributed by atoms with E-state index in [9.17, 15) is 5.11 Å². The lowest BCUT2D eigenvalue weighted by atomic mass is 10.1. The van der Waals surface area contributed by atoms with Gasteiger partial charge in [0.15, 0.2) is 0 Å². The summed E-state index contributed by atoms with van der Waals surface area (Å²) < 4.78 is 1.97. The highest BCUT2D eigenvalue weighted by Gasteiger charge is 2.12. The first-order valence-corrected chi connectivity index (χ1v) is 5.89. The van der Waals surface area contributed by atoms with Gasteiger partial charge in [0, 0.05) is 31.3 Å². The van der Waals surface area contributed by atoms with Gasteiger partial charge in [-0.2, -0.15) is 0 Å². The number of hydrogen-bond donors (Lipinski definition) is 1. The molecule has 2 rings (SSSR count). The first-order chi connectivity index (χ1) is 8.31. The van der Waals surface area contributed by atoms with Crippen molar-refractivity contribution in [2.24, 2.45) is 0 Å². The number of aliphatic hydroxyl groups excluding tert-OH is 1. The Hall–Kier alpha value is -1.68. The lowest BCUT2D eigenvalue weighted by molar-refractivity contribution is 0.153. The molecule has 0 aromatic carbocycles. The van der Waals surface area contributed by atoms with E-state index in [0.29, 0.717) is 6.42 Å². The third kappa shape index (κ3) is 2.91. The Balaban J connectivity index is 1.96. The lowest BCUT2D eigenvalue weighted by Gasteiger charge is -2.11. The summed E-state index contributed by atoms with van der Waals surface area (Å²) in [5, 5.41) is 10.1. The van der Waals surface area contributed by atoms with E-state index in [1.165, 1.54) is 0 Å². The van der Waals surface area contributed by atoms with Gasteiger partial charge in [0.1, 0.15) is 11.9 Å². The number of imidazole rings is 1. The fourth-order valence-corrected chi connectivity index (χ4v) is 1.86. The zero-order valence-electron chi connectivity index (χ0n) is 9.95. The molecule has 0 fully saturated rings. The maximum Gasteiger partial charge on any atom is 0.137 e. The molecule has 4 heteroatoms. The zero-order valence-corrected chi connectivity index (χ0v) is 9.95. The van der Waals surface area contributed by atoms with Crippen LogP contribution in [0.5, 0.6) is 0 Å². The lowest BCUT2D eigenvalue weighted by Crippen LogP contribution is -2.08. The third-order valence-electron chi connectivity index (χ3n) is 2.82. The first kappa shape index (κ1) is 11.8. The molecule has 0 amide bonds. The molecule has 2 heterocycles. The van der Waals surface area contributed by atoms with Gasteiger partial charge in [-0.1, -0.05) is 6.07 Å². The van der Waals surface area contributed by atoms with Crippen LogP contribution in [0.1, 0.15) is 30.8 Å². The van der Waals surface area contributed by atoms with Crippen LogP contribution in [-0.4, -0.2) is 19.6 Å². The minimum atomic E-state index is -0.509. The molecule has 1 atom stereocenters. The Morgan fingerprint density at radius 3 is 3.00 bits per heavy atom. The standard InChI is InChI=1S/C13H17N3O/c1-2-16-9-8-15-13(16)12(17)6-5-11-4-3-7-14-10-11/h3-4,7-10,12,17H,2,5-6H2,1H3. The second-order valence-electron chi connectivity index (χ2n) is 3.99. The molecular formula is C13H17N3O. The second-order valence-corrected chi connectivity index (χ2v) is 3.99. The number of rotatable bonds is 5. The number of nitrogens with zero attached hydrogens (tertiary/aromatic N) is 3. The van der Waals surface area contributed by atoms with Crippen molar-refractivity contribution in [1.82, 2.24) is 14.5 Å².